The van der Waals surface area contributed by atoms with Gasteiger partial charge in [-0.2, -0.15) is 5.48 Å². The van der Waals surface area contributed by atoms with Gasteiger partial charge in [0.15, 0.2) is 0 Å². The van der Waals surface area contributed by atoms with Gasteiger partial charge >= 0.3 is 0 Å². The molecule has 0 aliphatic carbocycles. The monoisotopic (exact) mass is 201 g/mol. The molecule has 1 saturated heterocycles. The summed E-state index contributed by atoms with van der Waals surface area (Å²) in [6.45, 7) is 9.17. The quantitative estimate of drug-likeness (QED) is 0.710. The lowest BCUT2D eigenvalue weighted by atomic mass is 10.0. The van der Waals surface area contributed by atoms with E-state index in [1.165, 1.54) is 0 Å². The minimum atomic E-state index is -0.111. The highest BCUT2D eigenvalue weighted by Crippen LogP contribution is 2.17. The van der Waals surface area contributed by atoms with Crippen LogP contribution in [0.15, 0.2) is 0 Å². The standard InChI is InChI=1S/C11H23NO2/c1-5-10-8-9(6-7-13-10)12-14-11(2,3)4/h9-10,12H,5-8H2,1-4H3. The van der Waals surface area contributed by atoms with Crippen LogP contribution >= 0.6 is 0 Å². The lowest BCUT2D eigenvalue weighted by molar-refractivity contribution is -0.112. The highest BCUT2D eigenvalue weighted by Gasteiger charge is 2.22. The van der Waals surface area contributed by atoms with Crippen molar-refractivity contribution in [2.24, 2.45) is 0 Å². The van der Waals surface area contributed by atoms with Gasteiger partial charge in [0.25, 0.3) is 0 Å². The van der Waals surface area contributed by atoms with Crippen LogP contribution < -0.4 is 5.48 Å². The van der Waals surface area contributed by atoms with Gasteiger partial charge in [-0.25, -0.2) is 0 Å². The fourth-order valence-corrected chi connectivity index (χ4v) is 1.53. The molecule has 1 fully saturated rings. The first-order valence-corrected chi connectivity index (χ1v) is 5.56. The topological polar surface area (TPSA) is 30.5 Å². The van der Waals surface area contributed by atoms with E-state index in [0.717, 1.165) is 25.9 Å². The van der Waals surface area contributed by atoms with Crippen LogP contribution in [0.1, 0.15) is 47.0 Å². The van der Waals surface area contributed by atoms with Crippen LogP contribution in [0.4, 0.5) is 0 Å². The SMILES string of the molecule is CCC1CC(NOC(C)(C)C)CCO1. The van der Waals surface area contributed by atoms with Gasteiger partial charge in [-0.3, -0.25) is 4.84 Å². The number of hydrogen-bond acceptors (Lipinski definition) is 3. The van der Waals surface area contributed by atoms with Gasteiger partial charge in [-0.15, -0.1) is 0 Å². The van der Waals surface area contributed by atoms with Crippen LogP contribution in [0.3, 0.4) is 0 Å². The molecule has 2 unspecified atom stereocenters. The zero-order valence-electron chi connectivity index (χ0n) is 9.80. The van der Waals surface area contributed by atoms with Crippen molar-refractivity contribution in [3.05, 3.63) is 0 Å². The molecule has 0 aromatic heterocycles. The van der Waals surface area contributed by atoms with Crippen LogP contribution in [-0.4, -0.2) is 24.4 Å². The smallest absolute Gasteiger partial charge is 0.0813 e. The largest absolute Gasteiger partial charge is 0.378 e. The first-order chi connectivity index (χ1) is 6.51. The third-order valence-corrected chi connectivity index (χ3v) is 2.35. The Balaban J connectivity index is 2.24. The zero-order chi connectivity index (χ0) is 10.6. The predicted molar refractivity (Wildman–Crippen MR) is 57.0 cm³/mol. The zero-order valence-corrected chi connectivity index (χ0v) is 9.80. The molecule has 0 aromatic rings. The van der Waals surface area contributed by atoms with Gasteiger partial charge in [0.1, 0.15) is 0 Å². The third-order valence-electron chi connectivity index (χ3n) is 2.35. The summed E-state index contributed by atoms with van der Waals surface area (Å²) >= 11 is 0. The van der Waals surface area contributed by atoms with Crippen LogP contribution in [-0.2, 0) is 9.57 Å². The number of hydroxylamine groups is 1. The van der Waals surface area contributed by atoms with Crippen molar-refractivity contribution in [2.45, 2.75) is 64.7 Å². The molecule has 1 aliphatic heterocycles. The Labute approximate surface area is 87.1 Å². The van der Waals surface area contributed by atoms with E-state index in [1.807, 2.05) is 0 Å². The second kappa shape index (κ2) is 5.10. The molecule has 84 valence electrons. The third kappa shape index (κ3) is 4.40. The Morgan fingerprint density at radius 2 is 2.14 bits per heavy atom. The molecule has 2 atom stereocenters. The second-order valence-corrected chi connectivity index (χ2v) is 4.95. The summed E-state index contributed by atoms with van der Waals surface area (Å²) < 4.78 is 5.59. The van der Waals surface area contributed by atoms with Crippen molar-refractivity contribution in [2.75, 3.05) is 6.61 Å². The first kappa shape index (κ1) is 12.0. The molecule has 1 N–H and O–H groups in total. The molecule has 1 rings (SSSR count). The van der Waals surface area contributed by atoms with E-state index in [4.69, 9.17) is 9.57 Å². The fourth-order valence-electron chi connectivity index (χ4n) is 1.53. The lowest BCUT2D eigenvalue weighted by Crippen LogP contribution is -2.42. The van der Waals surface area contributed by atoms with Crippen molar-refractivity contribution in [1.29, 1.82) is 0 Å². The molecule has 3 nitrogen and oxygen atoms in total. The lowest BCUT2D eigenvalue weighted by Gasteiger charge is -2.31. The Morgan fingerprint density at radius 1 is 1.43 bits per heavy atom. The van der Waals surface area contributed by atoms with Crippen molar-refractivity contribution in [1.82, 2.24) is 5.48 Å². The Hall–Kier alpha value is -0.120. The molecule has 1 aliphatic rings. The maximum Gasteiger partial charge on any atom is 0.0813 e. The average Bonchev–Trinajstić information content (AvgIpc) is 2.14. The summed E-state index contributed by atoms with van der Waals surface area (Å²) in [4.78, 5) is 5.56. The molecule has 1 heterocycles. The number of rotatable bonds is 3. The molecule has 0 bridgehead atoms. The summed E-state index contributed by atoms with van der Waals surface area (Å²) in [6.07, 6.45) is 3.61. The van der Waals surface area contributed by atoms with Crippen LogP contribution in [0, 0.1) is 0 Å². The van der Waals surface area contributed by atoms with E-state index < -0.39 is 0 Å². The Kier molecular flexibility index (Phi) is 4.35. The normalized spacial score (nSPS) is 29.1. The fraction of sp³-hybridized carbons (Fsp3) is 1.00. The molecular weight excluding hydrogens is 178 g/mol. The minimum absolute atomic E-state index is 0.111. The minimum Gasteiger partial charge on any atom is -0.378 e. The second-order valence-electron chi connectivity index (χ2n) is 4.95. The summed E-state index contributed by atoms with van der Waals surface area (Å²) in [5.41, 5.74) is 3.03. The van der Waals surface area contributed by atoms with Gasteiger partial charge in [0, 0.05) is 12.6 Å². The maximum atomic E-state index is 5.59. The predicted octanol–water partition coefficient (Wildman–Crippen LogP) is 2.26. The number of nitrogens with one attached hydrogen (secondary N) is 1. The van der Waals surface area contributed by atoms with Crippen LogP contribution in [0.5, 0.6) is 0 Å². The average molecular weight is 201 g/mol. The molecule has 0 aromatic carbocycles. The highest BCUT2D eigenvalue weighted by molar-refractivity contribution is 4.74. The van der Waals surface area contributed by atoms with Crippen molar-refractivity contribution < 1.29 is 9.57 Å². The van der Waals surface area contributed by atoms with Gasteiger partial charge in [0.05, 0.1) is 11.7 Å². The molecule has 0 saturated carbocycles. The Bertz CT molecular complexity index is 165. The van der Waals surface area contributed by atoms with E-state index in [9.17, 15) is 0 Å². The molecule has 0 spiro atoms. The summed E-state index contributed by atoms with van der Waals surface area (Å²) in [7, 11) is 0. The highest BCUT2D eigenvalue weighted by atomic mass is 16.7. The molecule has 0 radical (unpaired) electrons. The molecule has 3 heteroatoms. The van der Waals surface area contributed by atoms with Gasteiger partial charge in [0.2, 0.25) is 0 Å². The van der Waals surface area contributed by atoms with Crippen LogP contribution in [0.25, 0.3) is 0 Å². The van der Waals surface area contributed by atoms with Gasteiger partial charge in [-0.05, 0) is 40.0 Å². The summed E-state index contributed by atoms with van der Waals surface area (Å²) in [5, 5.41) is 0. The molecule has 14 heavy (non-hydrogen) atoms. The van der Waals surface area contributed by atoms with Crippen molar-refractivity contribution in [3.8, 4) is 0 Å². The molecule has 0 amide bonds. The van der Waals surface area contributed by atoms with E-state index >= 15 is 0 Å². The number of hydrogen-bond donors (Lipinski definition) is 1. The van der Waals surface area contributed by atoms with Crippen LogP contribution in [0.2, 0.25) is 0 Å². The van der Waals surface area contributed by atoms with E-state index in [-0.39, 0.29) is 5.60 Å². The van der Waals surface area contributed by atoms with Crippen molar-refractivity contribution in [3.63, 3.8) is 0 Å². The van der Waals surface area contributed by atoms with E-state index in [0.29, 0.717) is 12.1 Å². The first-order valence-electron chi connectivity index (χ1n) is 5.56. The molecular formula is C11H23NO2. The van der Waals surface area contributed by atoms with Crippen molar-refractivity contribution >= 4 is 0 Å². The van der Waals surface area contributed by atoms with Gasteiger partial charge in [-0.1, -0.05) is 6.92 Å². The Morgan fingerprint density at radius 3 is 2.71 bits per heavy atom. The summed E-state index contributed by atoms with van der Waals surface area (Å²) in [6, 6.07) is 0.452. The van der Waals surface area contributed by atoms with Gasteiger partial charge < -0.3 is 4.74 Å². The number of ether oxygens (including phenoxy) is 1. The van der Waals surface area contributed by atoms with E-state index in [2.05, 4.69) is 33.2 Å². The van der Waals surface area contributed by atoms with E-state index in [1.54, 1.807) is 0 Å². The summed E-state index contributed by atoms with van der Waals surface area (Å²) in [5.74, 6) is 0. The maximum absolute atomic E-state index is 5.59.